The number of carbonyl (C=O) groups excluding carboxylic acids is 1. The number of anilines is 2. The van der Waals surface area contributed by atoms with E-state index in [1.807, 2.05) is 36.4 Å². The third kappa shape index (κ3) is 3.30. The first-order chi connectivity index (χ1) is 10.6. The number of hydrogen-bond acceptors (Lipinski definition) is 3. The van der Waals surface area contributed by atoms with Crippen LogP contribution in [0.25, 0.3) is 0 Å². The topological polar surface area (TPSA) is 46.3 Å². The van der Waals surface area contributed by atoms with Crippen LogP contribution in [0.5, 0.6) is 0 Å². The molecule has 0 spiro atoms. The van der Waals surface area contributed by atoms with E-state index in [9.17, 15) is 4.79 Å². The second kappa shape index (κ2) is 7.12. The fraction of sp³-hybridized carbons (Fsp3) is 0.316. The van der Waals surface area contributed by atoms with Crippen LogP contribution in [-0.4, -0.2) is 18.9 Å². The molecule has 0 radical (unpaired) electrons. The van der Waals surface area contributed by atoms with Crippen molar-refractivity contribution in [3.63, 3.8) is 0 Å². The molecule has 3 nitrogen and oxygen atoms in total. The highest BCUT2D eigenvalue weighted by Gasteiger charge is 2.12. The Hall–Kier alpha value is -2.29. The smallest absolute Gasteiger partial charge is 0.193 e. The van der Waals surface area contributed by atoms with Gasteiger partial charge >= 0.3 is 0 Å². The second-order valence-corrected chi connectivity index (χ2v) is 5.33. The van der Waals surface area contributed by atoms with E-state index in [4.69, 9.17) is 5.73 Å². The summed E-state index contributed by atoms with van der Waals surface area (Å²) in [5.41, 5.74) is 10.3. The fourth-order valence-corrected chi connectivity index (χ4v) is 2.61. The molecule has 0 heterocycles. The van der Waals surface area contributed by atoms with Crippen LogP contribution in [0, 0.1) is 0 Å². The summed E-state index contributed by atoms with van der Waals surface area (Å²) in [5.74, 6) is 0.0143. The Labute approximate surface area is 132 Å². The zero-order valence-electron chi connectivity index (χ0n) is 13.6. The van der Waals surface area contributed by atoms with Crippen molar-refractivity contribution in [3.8, 4) is 0 Å². The average Bonchev–Trinajstić information content (AvgIpc) is 2.56. The summed E-state index contributed by atoms with van der Waals surface area (Å²) < 4.78 is 0. The number of rotatable bonds is 6. The Morgan fingerprint density at radius 2 is 1.55 bits per heavy atom. The van der Waals surface area contributed by atoms with Crippen molar-refractivity contribution in [2.45, 2.75) is 27.2 Å². The van der Waals surface area contributed by atoms with Crippen LogP contribution in [0.1, 0.15) is 42.3 Å². The van der Waals surface area contributed by atoms with Gasteiger partial charge in [0.15, 0.2) is 5.78 Å². The van der Waals surface area contributed by atoms with Crippen molar-refractivity contribution >= 4 is 17.2 Å². The average molecular weight is 296 g/mol. The number of carbonyl (C=O) groups is 1. The lowest BCUT2D eigenvalue weighted by Gasteiger charge is -2.23. The van der Waals surface area contributed by atoms with Crippen LogP contribution < -0.4 is 10.6 Å². The van der Waals surface area contributed by atoms with Crippen LogP contribution in [0.3, 0.4) is 0 Å². The minimum atomic E-state index is 0.0143. The molecule has 2 aromatic rings. The quantitative estimate of drug-likeness (QED) is 0.649. The number of hydrogen-bond donors (Lipinski definition) is 1. The first-order valence-corrected chi connectivity index (χ1v) is 7.88. The first kappa shape index (κ1) is 16.1. The summed E-state index contributed by atoms with van der Waals surface area (Å²) in [6.07, 6.45) is 0.972. The molecule has 0 aliphatic heterocycles. The van der Waals surface area contributed by atoms with Gasteiger partial charge in [0.1, 0.15) is 0 Å². The molecule has 0 saturated heterocycles. The third-order valence-corrected chi connectivity index (χ3v) is 4.02. The largest absolute Gasteiger partial charge is 0.397 e. The van der Waals surface area contributed by atoms with Crippen molar-refractivity contribution in [1.82, 2.24) is 0 Å². The molecule has 2 N–H and O–H groups in total. The fourth-order valence-electron chi connectivity index (χ4n) is 2.61. The highest BCUT2D eigenvalue weighted by molar-refractivity contribution is 6.09. The molecule has 0 fully saturated rings. The highest BCUT2D eigenvalue weighted by Crippen LogP contribution is 2.25. The third-order valence-electron chi connectivity index (χ3n) is 4.02. The molecule has 0 unspecified atom stereocenters. The molecule has 2 rings (SSSR count). The monoisotopic (exact) mass is 296 g/mol. The van der Waals surface area contributed by atoms with Gasteiger partial charge in [-0.05, 0) is 44.0 Å². The van der Waals surface area contributed by atoms with E-state index in [2.05, 4.69) is 25.7 Å². The van der Waals surface area contributed by atoms with Gasteiger partial charge in [-0.25, -0.2) is 0 Å². The Bertz CT molecular complexity index is 643. The SMILES string of the molecule is CCc1ccc(C(=O)c2ccc(N(CC)CC)c(N)c2)cc1. The first-order valence-electron chi connectivity index (χ1n) is 7.88. The molecule has 116 valence electrons. The molecule has 0 saturated carbocycles. The molecule has 3 heteroatoms. The summed E-state index contributed by atoms with van der Waals surface area (Å²) in [6.45, 7) is 8.08. The van der Waals surface area contributed by atoms with Gasteiger partial charge in [0.25, 0.3) is 0 Å². The lowest BCUT2D eigenvalue weighted by atomic mass is 10.0. The number of aryl methyl sites for hydroxylation is 1. The minimum absolute atomic E-state index is 0.0143. The predicted octanol–water partition coefficient (Wildman–Crippen LogP) is 3.91. The summed E-state index contributed by atoms with van der Waals surface area (Å²) in [4.78, 5) is 14.7. The summed E-state index contributed by atoms with van der Waals surface area (Å²) in [6, 6.07) is 13.4. The van der Waals surface area contributed by atoms with E-state index < -0.39 is 0 Å². The van der Waals surface area contributed by atoms with E-state index in [-0.39, 0.29) is 5.78 Å². The lowest BCUT2D eigenvalue weighted by Crippen LogP contribution is -2.23. The van der Waals surface area contributed by atoms with Gasteiger partial charge in [-0.2, -0.15) is 0 Å². The van der Waals surface area contributed by atoms with Crippen LogP contribution >= 0.6 is 0 Å². The normalized spacial score (nSPS) is 10.5. The Kier molecular flexibility index (Phi) is 5.21. The Morgan fingerprint density at radius 3 is 2.05 bits per heavy atom. The van der Waals surface area contributed by atoms with E-state index in [1.165, 1.54) is 5.56 Å². The van der Waals surface area contributed by atoms with E-state index >= 15 is 0 Å². The molecule has 0 aromatic heterocycles. The summed E-state index contributed by atoms with van der Waals surface area (Å²) in [5, 5.41) is 0. The minimum Gasteiger partial charge on any atom is -0.397 e. The van der Waals surface area contributed by atoms with Gasteiger partial charge in [0.2, 0.25) is 0 Å². The van der Waals surface area contributed by atoms with E-state index in [0.29, 0.717) is 16.8 Å². The maximum absolute atomic E-state index is 12.5. The van der Waals surface area contributed by atoms with Gasteiger partial charge in [0.05, 0.1) is 11.4 Å². The second-order valence-electron chi connectivity index (χ2n) is 5.33. The van der Waals surface area contributed by atoms with Gasteiger partial charge in [-0.3, -0.25) is 4.79 Å². The maximum Gasteiger partial charge on any atom is 0.193 e. The van der Waals surface area contributed by atoms with Crippen LogP contribution in [0.2, 0.25) is 0 Å². The lowest BCUT2D eigenvalue weighted by molar-refractivity contribution is 0.103. The predicted molar refractivity (Wildman–Crippen MR) is 93.7 cm³/mol. The molecule has 2 aromatic carbocycles. The number of ketones is 1. The van der Waals surface area contributed by atoms with Crippen molar-refractivity contribution in [1.29, 1.82) is 0 Å². The molecule has 0 bridgehead atoms. The summed E-state index contributed by atoms with van der Waals surface area (Å²) in [7, 11) is 0. The zero-order valence-corrected chi connectivity index (χ0v) is 13.6. The van der Waals surface area contributed by atoms with E-state index in [1.54, 1.807) is 6.07 Å². The standard InChI is InChI=1S/C19H24N2O/c1-4-14-7-9-15(10-8-14)19(22)16-11-12-18(17(20)13-16)21(5-2)6-3/h7-13H,4-6,20H2,1-3H3. The van der Waals surface area contributed by atoms with E-state index in [0.717, 1.165) is 25.2 Å². The molecule has 0 aliphatic carbocycles. The Balaban J connectivity index is 2.28. The summed E-state index contributed by atoms with van der Waals surface area (Å²) >= 11 is 0. The van der Waals surface area contributed by atoms with Gasteiger partial charge in [0, 0.05) is 24.2 Å². The van der Waals surface area contributed by atoms with Crippen LogP contribution in [-0.2, 0) is 6.42 Å². The van der Waals surface area contributed by atoms with Crippen LogP contribution in [0.4, 0.5) is 11.4 Å². The molecular weight excluding hydrogens is 272 g/mol. The molecule has 0 atom stereocenters. The van der Waals surface area contributed by atoms with Gasteiger partial charge in [-0.1, -0.05) is 31.2 Å². The Morgan fingerprint density at radius 1 is 0.955 bits per heavy atom. The number of nitrogens with zero attached hydrogens (tertiary/aromatic N) is 1. The van der Waals surface area contributed by atoms with Crippen molar-refractivity contribution in [2.75, 3.05) is 23.7 Å². The van der Waals surface area contributed by atoms with Gasteiger partial charge < -0.3 is 10.6 Å². The molecule has 0 aliphatic rings. The number of benzene rings is 2. The van der Waals surface area contributed by atoms with Crippen LogP contribution in [0.15, 0.2) is 42.5 Å². The van der Waals surface area contributed by atoms with Crippen molar-refractivity contribution in [3.05, 3.63) is 59.2 Å². The van der Waals surface area contributed by atoms with Crippen molar-refractivity contribution in [2.24, 2.45) is 0 Å². The molecule has 22 heavy (non-hydrogen) atoms. The number of nitrogen functional groups attached to an aromatic ring is 1. The highest BCUT2D eigenvalue weighted by atomic mass is 16.1. The molecular formula is C19H24N2O. The van der Waals surface area contributed by atoms with Crippen molar-refractivity contribution < 1.29 is 4.79 Å². The maximum atomic E-state index is 12.5. The number of nitrogens with two attached hydrogens (primary N) is 1. The molecule has 0 amide bonds. The van der Waals surface area contributed by atoms with Gasteiger partial charge in [-0.15, -0.1) is 0 Å². The zero-order chi connectivity index (χ0) is 16.1.